The Morgan fingerprint density at radius 2 is 1.75 bits per heavy atom. The summed E-state index contributed by atoms with van der Waals surface area (Å²) >= 11 is 0. The minimum absolute atomic E-state index is 0.00290. The summed E-state index contributed by atoms with van der Waals surface area (Å²) in [5, 5.41) is 4.60. The molecule has 3 heterocycles. The first-order valence-corrected chi connectivity index (χ1v) is 13.8. The summed E-state index contributed by atoms with van der Waals surface area (Å²) in [4.78, 5) is 22.6. The monoisotopic (exact) mass is 579 g/mol. The molecule has 2 aromatic heterocycles. The van der Waals surface area contributed by atoms with Crippen LogP contribution in [0.4, 0.5) is 17.6 Å². The smallest absolute Gasteiger partial charge is 0.474 e. The van der Waals surface area contributed by atoms with Crippen LogP contribution in [0.2, 0.25) is 0 Å². The van der Waals surface area contributed by atoms with Crippen LogP contribution in [-0.2, 0) is 9.84 Å². The van der Waals surface area contributed by atoms with Gasteiger partial charge in [0.2, 0.25) is 5.88 Å². The van der Waals surface area contributed by atoms with E-state index in [1.165, 1.54) is 41.5 Å². The number of benzene rings is 2. The lowest BCUT2D eigenvalue weighted by molar-refractivity contribution is -0.274. The first-order valence-electron chi connectivity index (χ1n) is 11.9. The van der Waals surface area contributed by atoms with E-state index < -0.39 is 27.8 Å². The average Bonchev–Trinajstić information content (AvgIpc) is 3.33. The molecule has 0 saturated carbocycles. The van der Waals surface area contributed by atoms with Crippen molar-refractivity contribution in [3.05, 3.63) is 66.4 Å². The lowest BCUT2D eigenvalue weighted by Gasteiger charge is -2.32. The quantitative estimate of drug-likeness (QED) is 0.316. The topological polar surface area (TPSA) is 117 Å². The highest BCUT2D eigenvalue weighted by Crippen LogP contribution is 2.28. The zero-order valence-corrected chi connectivity index (χ0v) is 21.6. The van der Waals surface area contributed by atoms with E-state index in [1.54, 1.807) is 4.90 Å². The minimum atomic E-state index is -4.82. The maximum atomic E-state index is 14.8. The summed E-state index contributed by atoms with van der Waals surface area (Å²) in [6, 6.07) is 8.21. The zero-order valence-electron chi connectivity index (χ0n) is 20.8. The van der Waals surface area contributed by atoms with Gasteiger partial charge in [-0.2, -0.15) is 5.10 Å². The van der Waals surface area contributed by atoms with Crippen LogP contribution >= 0.6 is 0 Å². The Morgan fingerprint density at radius 3 is 2.38 bits per heavy atom. The molecule has 0 aliphatic carbocycles. The number of aromatic nitrogens is 4. The summed E-state index contributed by atoms with van der Waals surface area (Å²) < 4.78 is 86.4. The van der Waals surface area contributed by atoms with Gasteiger partial charge in [0.25, 0.3) is 5.91 Å². The highest BCUT2D eigenvalue weighted by Gasteiger charge is 2.31. The Bertz CT molecular complexity index is 1670. The van der Waals surface area contributed by atoms with Crippen LogP contribution in [0.5, 0.6) is 11.6 Å². The Balaban J connectivity index is 1.25. The maximum Gasteiger partial charge on any atom is 0.573 e. The van der Waals surface area contributed by atoms with E-state index in [1.807, 2.05) is 0 Å². The minimum Gasteiger partial charge on any atom is -0.474 e. The van der Waals surface area contributed by atoms with Gasteiger partial charge in [0.05, 0.1) is 11.1 Å². The van der Waals surface area contributed by atoms with Gasteiger partial charge in [-0.1, -0.05) is 0 Å². The number of amides is 1. The van der Waals surface area contributed by atoms with E-state index in [-0.39, 0.29) is 39.7 Å². The van der Waals surface area contributed by atoms with Gasteiger partial charge in [-0.25, -0.2) is 27.5 Å². The number of hydrogen-bond acceptors (Lipinski definition) is 8. The van der Waals surface area contributed by atoms with Crippen molar-refractivity contribution in [1.82, 2.24) is 24.6 Å². The van der Waals surface area contributed by atoms with Crippen LogP contribution in [0.15, 0.2) is 59.9 Å². The first kappa shape index (κ1) is 27.3. The molecule has 0 N–H and O–H groups in total. The van der Waals surface area contributed by atoms with Gasteiger partial charge >= 0.3 is 6.36 Å². The standard InChI is InChI=1S/C25H21F4N5O5S/c1-40(36,37)18-6-7-21(20(26)12-18)34-22-19(13-32-34)23(31-14-30-22)38-16-8-10-33(11-9-16)24(35)15-2-4-17(5-3-15)39-25(27,28)29/h2-7,12-14,16H,8-11H2,1H3. The number of rotatable bonds is 6. The molecule has 1 amide bonds. The molecule has 40 heavy (non-hydrogen) atoms. The first-order chi connectivity index (χ1) is 18.9. The second-order valence-electron chi connectivity index (χ2n) is 9.04. The Hall–Kier alpha value is -4.27. The maximum absolute atomic E-state index is 14.8. The molecule has 0 unspecified atom stereocenters. The largest absolute Gasteiger partial charge is 0.573 e. The molecule has 10 nitrogen and oxygen atoms in total. The number of nitrogens with zero attached hydrogens (tertiary/aromatic N) is 5. The molecule has 0 atom stereocenters. The number of hydrogen-bond donors (Lipinski definition) is 0. The SMILES string of the molecule is CS(=O)(=O)c1ccc(-n2ncc3c(OC4CCN(C(=O)c5ccc(OC(F)(F)F)cc5)CC4)ncnc32)c(F)c1. The highest BCUT2D eigenvalue weighted by atomic mass is 32.2. The Morgan fingerprint density at radius 1 is 1.05 bits per heavy atom. The molecule has 1 saturated heterocycles. The molecule has 1 fully saturated rings. The van der Waals surface area contributed by atoms with Crippen molar-refractivity contribution < 1.29 is 40.2 Å². The molecule has 15 heteroatoms. The number of carbonyl (C=O) groups excluding carboxylic acids is 1. The van der Waals surface area contributed by atoms with Crippen molar-refractivity contribution in [2.24, 2.45) is 0 Å². The normalized spacial score (nSPS) is 14.9. The number of piperidine rings is 1. The van der Waals surface area contributed by atoms with Gasteiger partial charge in [0, 0.05) is 37.8 Å². The lowest BCUT2D eigenvalue weighted by Crippen LogP contribution is -2.41. The molecule has 0 radical (unpaired) electrons. The van der Waals surface area contributed by atoms with Gasteiger partial charge in [-0.05, 0) is 42.5 Å². The Kier molecular flexibility index (Phi) is 7.08. The van der Waals surface area contributed by atoms with Gasteiger partial charge in [-0.3, -0.25) is 4.79 Å². The molecule has 0 bridgehead atoms. The van der Waals surface area contributed by atoms with E-state index in [2.05, 4.69) is 19.8 Å². The number of alkyl halides is 3. The molecule has 1 aliphatic rings. The van der Waals surface area contributed by atoms with Gasteiger partial charge < -0.3 is 14.4 Å². The fourth-order valence-corrected chi connectivity index (χ4v) is 4.93. The summed E-state index contributed by atoms with van der Waals surface area (Å²) in [5.41, 5.74) is 0.481. The van der Waals surface area contributed by atoms with Crippen LogP contribution in [0.25, 0.3) is 16.7 Å². The van der Waals surface area contributed by atoms with Crippen molar-refractivity contribution >= 4 is 26.8 Å². The van der Waals surface area contributed by atoms with Crippen molar-refractivity contribution in [3.63, 3.8) is 0 Å². The van der Waals surface area contributed by atoms with E-state index in [9.17, 15) is 30.8 Å². The zero-order chi connectivity index (χ0) is 28.7. The van der Waals surface area contributed by atoms with Gasteiger partial charge in [0.15, 0.2) is 15.5 Å². The second kappa shape index (κ2) is 10.4. The van der Waals surface area contributed by atoms with E-state index >= 15 is 0 Å². The number of ether oxygens (including phenoxy) is 2. The van der Waals surface area contributed by atoms with Crippen LogP contribution in [-0.4, -0.2) is 70.8 Å². The van der Waals surface area contributed by atoms with Crippen LogP contribution in [0.3, 0.4) is 0 Å². The number of fused-ring (bicyclic) bond motifs is 1. The van der Waals surface area contributed by atoms with Gasteiger partial charge in [0.1, 0.15) is 35.1 Å². The molecule has 0 spiro atoms. The number of halogens is 4. The molecule has 2 aromatic carbocycles. The molecule has 1 aliphatic heterocycles. The predicted molar refractivity (Wildman–Crippen MR) is 132 cm³/mol. The van der Waals surface area contributed by atoms with Crippen molar-refractivity contribution in [3.8, 4) is 17.3 Å². The number of sulfone groups is 1. The average molecular weight is 580 g/mol. The third-order valence-electron chi connectivity index (χ3n) is 6.25. The summed E-state index contributed by atoms with van der Waals surface area (Å²) in [6.45, 7) is 0.686. The fraction of sp³-hybridized carbons (Fsp3) is 0.280. The van der Waals surface area contributed by atoms with Crippen molar-refractivity contribution in [2.45, 2.75) is 30.2 Å². The van der Waals surface area contributed by atoms with Crippen molar-refractivity contribution in [2.75, 3.05) is 19.3 Å². The summed E-state index contributed by atoms with van der Waals surface area (Å²) in [6.07, 6.45) is -0.564. The molecule has 4 aromatic rings. The lowest BCUT2D eigenvalue weighted by atomic mass is 10.1. The second-order valence-corrected chi connectivity index (χ2v) is 11.1. The fourth-order valence-electron chi connectivity index (χ4n) is 4.30. The van der Waals surface area contributed by atoms with Gasteiger partial charge in [-0.15, -0.1) is 13.2 Å². The molecular formula is C25H21F4N5O5S. The highest BCUT2D eigenvalue weighted by molar-refractivity contribution is 7.90. The van der Waals surface area contributed by atoms with Crippen LogP contribution in [0.1, 0.15) is 23.2 Å². The van der Waals surface area contributed by atoms with E-state index in [0.29, 0.717) is 31.3 Å². The third-order valence-corrected chi connectivity index (χ3v) is 7.36. The van der Waals surface area contributed by atoms with E-state index in [4.69, 9.17) is 4.74 Å². The van der Waals surface area contributed by atoms with Crippen LogP contribution < -0.4 is 9.47 Å². The summed E-state index contributed by atoms with van der Waals surface area (Å²) in [7, 11) is -3.59. The number of likely N-dealkylation sites (tertiary alicyclic amines) is 1. The molecule has 210 valence electrons. The van der Waals surface area contributed by atoms with Crippen molar-refractivity contribution in [1.29, 1.82) is 0 Å². The third kappa shape index (κ3) is 5.83. The van der Waals surface area contributed by atoms with Crippen LogP contribution in [0, 0.1) is 5.82 Å². The molecular weight excluding hydrogens is 558 g/mol. The van der Waals surface area contributed by atoms with E-state index in [0.717, 1.165) is 24.5 Å². The Labute approximate surface area is 225 Å². The predicted octanol–water partition coefficient (Wildman–Crippen LogP) is 3.94. The number of carbonyl (C=O) groups is 1. The summed E-state index contributed by atoms with van der Waals surface area (Å²) in [5.74, 6) is -1.32. The molecule has 5 rings (SSSR count).